The highest BCUT2D eigenvalue weighted by atomic mass is 79.9. The molecule has 0 aliphatic rings. The van der Waals surface area contributed by atoms with Crippen molar-refractivity contribution in [3.63, 3.8) is 0 Å². The SMILES string of the molecule is NC(=O)CCN(C(=O)c1ccccc1)c1cccc(C(=O)Cc2c(Br)cc(C(F)(C(F)(F)F)C(F)(F)F)cc2C(F)(F)F)c1F. The molecule has 3 aromatic carbocycles. The van der Waals surface area contributed by atoms with Gasteiger partial charge in [-0.05, 0) is 42.0 Å². The fourth-order valence-electron chi connectivity index (χ4n) is 4.25. The highest BCUT2D eigenvalue weighted by Gasteiger charge is 2.73. The summed E-state index contributed by atoms with van der Waals surface area (Å²) in [4.78, 5) is 38.4. The van der Waals surface area contributed by atoms with Gasteiger partial charge in [-0.2, -0.15) is 39.5 Å². The van der Waals surface area contributed by atoms with E-state index in [-0.39, 0.29) is 11.6 Å². The summed E-state index contributed by atoms with van der Waals surface area (Å²) in [5.41, 5.74) is -8.50. The lowest BCUT2D eigenvalue weighted by Gasteiger charge is -2.31. The molecule has 242 valence electrons. The monoisotopic (exact) mass is 718 g/mol. The van der Waals surface area contributed by atoms with E-state index in [1.165, 1.54) is 24.3 Å². The zero-order chi connectivity index (χ0) is 34.1. The number of nitrogens with zero attached hydrogens (tertiary/aromatic N) is 1. The van der Waals surface area contributed by atoms with Gasteiger partial charge < -0.3 is 10.6 Å². The van der Waals surface area contributed by atoms with E-state index >= 15 is 4.39 Å². The lowest BCUT2D eigenvalue weighted by Crippen LogP contribution is -2.50. The number of carbonyl (C=O) groups excluding carboxylic acids is 3. The van der Waals surface area contributed by atoms with Crippen LogP contribution in [-0.4, -0.2) is 36.5 Å². The van der Waals surface area contributed by atoms with Gasteiger partial charge in [0.25, 0.3) is 5.91 Å². The molecule has 0 unspecified atom stereocenters. The topological polar surface area (TPSA) is 80.5 Å². The van der Waals surface area contributed by atoms with Crippen LogP contribution in [0.3, 0.4) is 0 Å². The lowest BCUT2D eigenvalue weighted by atomic mass is 9.89. The second kappa shape index (κ2) is 12.8. The molecule has 17 heteroatoms. The molecule has 2 N–H and O–H groups in total. The van der Waals surface area contributed by atoms with Crippen LogP contribution in [0.1, 0.15) is 43.8 Å². The Labute approximate surface area is 254 Å². The van der Waals surface area contributed by atoms with Gasteiger partial charge in [0.2, 0.25) is 5.91 Å². The standard InChI is InChI=1S/C28H18BrF11N2O3/c29-19-12-15(25(31,27(35,36)37)28(38,39)40)11-18(26(32,33)34)17(19)13-21(43)16-7-4-8-20(23(16)30)42(10-9-22(41)44)24(45)14-5-2-1-3-6-14/h1-8,11-12H,9-10,13H2,(H2,41,44). The zero-order valence-corrected chi connectivity index (χ0v) is 23.8. The molecule has 0 bridgehead atoms. The minimum atomic E-state index is -6.73. The number of hydrogen-bond acceptors (Lipinski definition) is 3. The highest BCUT2D eigenvalue weighted by Crippen LogP contribution is 2.54. The predicted octanol–water partition coefficient (Wildman–Crippen LogP) is 7.84. The van der Waals surface area contributed by atoms with Crippen molar-refractivity contribution in [1.29, 1.82) is 0 Å². The number of alkyl halides is 10. The van der Waals surface area contributed by atoms with Crippen molar-refractivity contribution in [2.75, 3.05) is 11.4 Å². The number of benzene rings is 3. The van der Waals surface area contributed by atoms with E-state index in [2.05, 4.69) is 15.9 Å². The molecule has 0 aromatic heterocycles. The fraction of sp³-hybridized carbons (Fsp3) is 0.250. The van der Waals surface area contributed by atoms with Crippen molar-refractivity contribution >= 4 is 39.2 Å². The summed E-state index contributed by atoms with van der Waals surface area (Å²) in [7, 11) is 0. The van der Waals surface area contributed by atoms with Crippen molar-refractivity contribution in [1.82, 2.24) is 0 Å². The smallest absolute Gasteiger partial charge is 0.370 e. The summed E-state index contributed by atoms with van der Waals surface area (Å²) in [5.74, 6) is -4.65. The molecule has 45 heavy (non-hydrogen) atoms. The molecular formula is C28H18BrF11N2O3. The Balaban J connectivity index is 2.13. The quantitative estimate of drug-likeness (QED) is 0.181. The number of amides is 2. The van der Waals surface area contributed by atoms with Gasteiger partial charge in [0.15, 0.2) is 11.6 Å². The second-order valence-electron chi connectivity index (χ2n) is 9.41. The van der Waals surface area contributed by atoms with Crippen molar-refractivity contribution in [2.24, 2.45) is 5.73 Å². The second-order valence-corrected chi connectivity index (χ2v) is 10.3. The summed E-state index contributed by atoms with van der Waals surface area (Å²) in [5, 5.41) is 0. The molecule has 0 saturated heterocycles. The first kappa shape index (κ1) is 35.5. The average Bonchev–Trinajstić information content (AvgIpc) is 2.92. The Morgan fingerprint density at radius 2 is 1.38 bits per heavy atom. The third-order valence-electron chi connectivity index (χ3n) is 6.43. The molecule has 0 radical (unpaired) electrons. The Morgan fingerprint density at radius 3 is 1.89 bits per heavy atom. The van der Waals surface area contributed by atoms with Crippen LogP contribution >= 0.6 is 15.9 Å². The van der Waals surface area contributed by atoms with E-state index in [0.717, 1.165) is 23.1 Å². The van der Waals surface area contributed by atoms with Gasteiger partial charge in [0, 0.05) is 35.0 Å². The average molecular weight is 719 g/mol. The largest absolute Gasteiger partial charge is 0.435 e. The minimum Gasteiger partial charge on any atom is -0.370 e. The Kier molecular flexibility index (Phi) is 10.1. The molecule has 0 spiro atoms. The molecule has 0 heterocycles. The number of hydrogen-bond donors (Lipinski definition) is 1. The number of primary amides is 1. The number of anilines is 1. The molecule has 0 aliphatic heterocycles. The first-order valence-electron chi connectivity index (χ1n) is 12.3. The Morgan fingerprint density at radius 1 is 0.800 bits per heavy atom. The van der Waals surface area contributed by atoms with Gasteiger partial charge in [-0.15, -0.1) is 0 Å². The van der Waals surface area contributed by atoms with Gasteiger partial charge >= 0.3 is 24.2 Å². The normalized spacial score (nSPS) is 12.6. The number of Topliss-reactive ketones (excluding diaryl/α,β-unsaturated/α-hetero) is 1. The molecule has 0 atom stereocenters. The van der Waals surface area contributed by atoms with Crippen molar-refractivity contribution < 1.29 is 62.7 Å². The van der Waals surface area contributed by atoms with Crippen LogP contribution in [-0.2, 0) is 23.1 Å². The number of carbonyl (C=O) groups is 3. The zero-order valence-electron chi connectivity index (χ0n) is 22.2. The van der Waals surface area contributed by atoms with Crippen LogP contribution in [0.5, 0.6) is 0 Å². The van der Waals surface area contributed by atoms with Gasteiger partial charge in [-0.3, -0.25) is 14.4 Å². The molecule has 0 fully saturated rings. The van der Waals surface area contributed by atoms with E-state index < -0.39 is 105 Å². The number of halogens is 12. The summed E-state index contributed by atoms with van der Waals surface area (Å²) in [6.07, 6.45) is -21.1. The van der Waals surface area contributed by atoms with Crippen LogP contribution in [0.25, 0.3) is 0 Å². The highest BCUT2D eigenvalue weighted by molar-refractivity contribution is 9.10. The number of ketones is 1. The van der Waals surface area contributed by atoms with Crippen molar-refractivity contribution in [2.45, 2.75) is 37.0 Å². The Hall–Kier alpha value is -4.02. The van der Waals surface area contributed by atoms with Crippen LogP contribution in [0.2, 0.25) is 0 Å². The minimum absolute atomic E-state index is 0.0126. The molecule has 3 rings (SSSR count). The maximum Gasteiger partial charge on any atom is 0.435 e. The predicted molar refractivity (Wildman–Crippen MR) is 140 cm³/mol. The van der Waals surface area contributed by atoms with Crippen LogP contribution in [0, 0.1) is 5.82 Å². The maximum atomic E-state index is 15.7. The molecule has 5 nitrogen and oxygen atoms in total. The first-order valence-corrected chi connectivity index (χ1v) is 13.1. The molecule has 2 amide bonds. The van der Waals surface area contributed by atoms with Crippen LogP contribution in [0.4, 0.5) is 54.0 Å². The first-order chi connectivity index (χ1) is 20.6. The number of rotatable bonds is 9. The van der Waals surface area contributed by atoms with E-state index in [1.54, 1.807) is 6.07 Å². The summed E-state index contributed by atoms with van der Waals surface area (Å²) in [6.45, 7) is -0.494. The molecule has 0 saturated carbocycles. The van der Waals surface area contributed by atoms with E-state index in [1.807, 2.05) is 0 Å². The van der Waals surface area contributed by atoms with Gasteiger partial charge in [0.05, 0.1) is 16.8 Å². The summed E-state index contributed by atoms with van der Waals surface area (Å²) >= 11 is 2.41. The van der Waals surface area contributed by atoms with E-state index in [9.17, 15) is 58.3 Å². The molecular weight excluding hydrogens is 701 g/mol. The van der Waals surface area contributed by atoms with Crippen LogP contribution < -0.4 is 10.6 Å². The number of nitrogens with two attached hydrogens (primary N) is 1. The molecule has 3 aromatic rings. The Bertz CT molecular complexity index is 1590. The van der Waals surface area contributed by atoms with E-state index in [0.29, 0.717) is 0 Å². The van der Waals surface area contributed by atoms with Crippen molar-refractivity contribution in [3.05, 3.63) is 98.8 Å². The van der Waals surface area contributed by atoms with Gasteiger partial charge in [0.1, 0.15) is 0 Å². The fourth-order valence-corrected chi connectivity index (χ4v) is 4.85. The maximum absolute atomic E-state index is 15.7. The van der Waals surface area contributed by atoms with Gasteiger partial charge in [-0.1, -0.05) is 40.2 Å². The van der Waals surface area contributed by atoms with Crippen molar-refractivity contribution in [3.8, 4) is 0 Å². The third kappa shape index (κ3) is 7.28. The van der Waals surface area contributed by atoms with Crippen LogP contribution in [0.15, 0.2) is 65.1 Å². The summed E-state index contributed by atoms with van der Waals surface area (Å²) < 4.78 is 150. The molecule has 0 aliphatic carbocycles. The van der Waals surface area contributed by atoms with Gasteiger partial charge in [-0.25, -0.2) is 8.78 Å². The summed E-state index contributed by atoms with van der Waals surface area (Å²) in [6, 6.07) is 9.11. The lowest BCUT2D eigenvalue weighted by molar-refractivity contribution is -0.348. The van der Waals surface area contributed by atoms with E-state index in [4.69, 9.17) is 5.73 Å². The third-order valence-corrected chi connectivity index (χ3v) is 7.14.